The summed E-state index contributed by atoms with van der Waals surface area (Å²) in [5.41, 5.74) is 2.83. The van der Waals surface area contributed by atoms with E-state index in [1.54, 1.807) is 31.2 Å². The summed E-state index contributed by atoms with van der Waals surface area (Å²) in [6.07, 6.45) is 3.83. The number of Topliss-reactive ketones (excluding diaryl/α,β-unsaturated/α-hetero) is 1. The van der Waals surface area contributed by atoms with Crippen molar-refractivity contribution in [2.24, 2.45) is 11.8 Å². The summed E-state index contributed by atoms with van der Waals surface area (Å²) in [6.45, 7) is 1.63. The van der Waals surface area contributed by atoms with Crippen LogP contribution in [0.4, 0.5) is 17.1 Å². The summed E-state index contributed by atoms with van der Waals surface area (Å²) in [5.74, 6) is -2.72. The van der Waals surface area contributed by atoms with Gasteiger partial charge in [0.15, 0.2) is 5.78 Å². The number of fused-ring (bicyclic) bond motifs is 5. The van der Waals surface area contributed by atoms with E-state index in [0.717, 1.165) is 16.2 Å². The minimum Gasteiger partial charge on any atom is -0.352 e. The van der Waals surface area contributed by atoms with Gasteiger partial charge in [0, 0.05) is 23.4 Å². The number of hydrogen-bond acceptors (Lipinski definition) is 6. The molecular weight excluding hydrogens is 458 g/mol. The van der Waals surface area contributed by atoms with Crippen molar-refractivity contribution >= 4 is 40.7 Å². The number of rotatable bonds is 4. The normalized spacial score (nSPS) is 23.9. The van der Waals surface area contributed by atoms with Gasteiger partial charge in [0.25, 0.3) is 5.69 Å². The van der Waals surface area contributed by atoms with Gasteiger partial charge in [-0.05, 0) is 30.2 Å². The molecule has 3 aromatic carbocycles. The second kappa shape index (κ2) is 7.98. The van der Waals surface area contributed by atoms with Crippen molar-refractivity contribution in [2.45, 2.75) is 19.0 Å². The Kier molecular flexibility index (Phi) is 4.86. The molecule has 0 bridgehead atoms. The van der Waals surface area contributed by atoms with Gasteiger partial charge in [0.2, 0.25) is 11.8 Å². The number of anilines is 2. The highest BCUT2D eigenvalue weighted by Crippen LogP contribution is 2.50. The third kappa shape index (κ3) is 3.04. The fourth-order valence-corrected chi connectivity index (χ4v) is 5.83. The third-order valence-corrected chi connectivity index (χ3v) is 7.37. The molecule has 0 saturated carbocycles. The number of aryl methyl sites for hydroxylation is 1. The molecule has 2 amide bonds. The number of nitrogens with zero attached hydrogens (tertiary/aromatic N) is 3. The highest BCUT2D eigenvalue weighted by molar-refractivity contribution is 6.26. The molecule has 0 aromatic heterocycles. The predicted octanol–water partition coefficient (Wildman–Crippen LogP) is 4.18. The maximum Gasteiger partial charge on any atom is 0.269 e. The molecule has 3 aromatic rings. The minimum absolute atomic E-state index is 0.120. The number of imide groups is 1. The van der Waals surface area contributed by atoms with Crippen LogP contribution in [0.3, 0.4) is 0 Å². The van der Waals surface area contributed by atoms with Gasteiger partial charge in [0.1, 0.15) is 6.04 Å². The second-order valence-electron chi connectivity index (χ2n) is 9.28. The van der Waals surface area contributed by atoms with E-state index in [2.05, 4.69) is 0 Å². The maximum atomic E-state index is 13.9. The van der Waals surface area contributed by atoms with Crippen molar-refractivity contribution < 1.29 is 19.3 Å². The molecule has 0 radical (unpaired) electrons. The number of non-ortho nitro benzene ring substituents is 1. The molecule has 2 saturated heterocycles. The smallest absolute Gasteiger partial charge is 0.269 e. The number of hydrogen-bond donors (Lipinski definition) is 0. The van der Waals surface area contributed by atoms with Crippen molar-refractivity contribution in [2.75, 3.05) is 9.80 Å². The van der Waals surface area contributed by atoms with E-state index in [4.69, 9.17) is 0 Å². The summed E-state index contributed by atoms with van der Waals surface area (Å²) in [5, 5.41) is 11.2. The van der Waals surface area contributed by atoms with Crippen LogP contribution in [0.1, 0.15) is 21.5 Å². The summed E-state index contributed by atoms with van der Waals surface area (Å²) in [6, 6.07) is 19.2. The van der Waals surface area contributed by atoms with Crippen LogP contribution in [0.2, 0.25) is 0 Å². The molecule has 6 rings (SSSR count). The van der Waals surface area contributed by atoms with E-state index in [9.17, 15) is 24.5 Å². The summed E-state index contributed by atoms with van der Waals surface area (Å²) >= 11 is 0. The van der Waals surface area contributed by atoms with Gasteiger partial charge in [-0.25, -0.2) is 4.90 Å². The van der Waals surface area contributed by atoms with Crippen molar-refractivity contribution in [1.29, 1.82) is 0 Å². The first-order valence-electron chi connectivity index (χ1n) is 11.7. The van der Waals surface area contributed by atoms with Crippen molar-refractivity contribution in [3.63, 3.8) is 0 Å². The quantitative estimate of drug-likeness (QED) is 0.241. The summed E-state index contributed by atoms with van der Waals surface area (Å²) in [7, 11) is 0. The lowest BCUT2D eigenvalue weighted by atomic mass is 9.86. The number of benzene rings is 3. The average Bonchev–Trinajstić information content (AvgIpc) is 3.37. The average molecular weight is 479 g/mol. The Morgan fingerprint density at radius 3 is 2.31 bits per heavy atom. The van der Waals surface area contributed by atoms with Gasteiger partial charge in [-0.2, -0.15) is 0 Å². The standard InChI is InChI=1S/C28H21N3O5/c1-16-15-19(31(35)36)12-14-20(16)30-27(33)23-22-13-11-17-7-5-6-10-21(17)29(22)25(24(23)28(30)34)26(32)18-8-3-2-4-9-18/h2-15,22-25H,1H3/t22-,23+,24+,25-/m1/s1. The maximum absolute atomic E-state index is 13.9. The number of ketones is 1. The van der Waals surface area contributed by atoms with Gasteiger partial charge in [-0.15, -0.1) is 0 Å². The molecule has 8 nitrogen and oxygen atoms in total. The molecule has 0 unspecified atom stereocenters. The lowest BCUT2D eigenvalue weighted by Crippen LogP contribution is -2.49. The Labute approximate surface area is 206 Å². The molecule has 0 spiro atoms. The molecule has 3 heterocycles. The molecule has 4 atom stereocenters. The fourth-order valence-electron chi connectivity index (χ4n) is 5.83. The molecule has 0 N–H and O–H groups in total. The van der Waals surface area contributed by atoms with Gasteiger partial charge < -0.3 is 4.90 Å². The van der Waals surface area contributed by atoms with Crippen LogP contribution in [0.5, 0.6) is 0 Å². The number of nitro benzene ring substituents is 1. The third-order valence-electron chi connectivity index (χ3n) is 7.37. The number of nitro groups is 1. The van der Waals surface area contributed by atoms with E-state index in [1.165, 1.54) is 18.2 Å². The van der Waals surface area contributed by atoms with Crippen LogP contribution in [-0.2, 0) is 9.59 Å². The predicted molar refractivity (Wildman–Crippen MR) is 134 cm³/mol. The number of amides is 2. The van der Waals surface area contributed by atoms with E-state index >= 15 is 0 Å². The van der Waals surface area contributed by atoms with Gasteiger partial charge >= 0.3 is 0 Å². The zero-order chi connectivity index (χ0) is 25.1. The molecule has 8 heteroatoms. The van der Waals surface area contributed by atoms with E-state index < -0.39 is 40.7 Å². The molecule has 178 valence electrons. The highest BCUT2D eigenvalue weighted by Gasteiger charge is 2.64. The van der Waals surface area contributed by atoms with Crippen LogP contribution in [-0.4, -0.2) is 34.6 Å². The minimum atomic E-state index is -0.888. The largest absolute Gasteiger partial charge is 0.352 e. The highest BCUT2D eigenvalue weighted by atomic mass is 16.6. The Hall–Kier alpha value is -4.59. The van der Waals surface area contributed by atoms with Crippen molar-refractivity contribution in [3.8, 4) is 0 Å². The zero-order valence-electron chi connectivity index (χ0n) is 19.3. The molecule has 2 fully saturated rings. The zero-order valence-corrected chi connectivity index (χ0v) is 19.3. The first-order valence-corrected chi connectivity index (χ1v) is 11.7. The molecular formula is C28H21N3O5. The number of para-hydroxylation sites is 1. The Bertz CT molecular complexity index is 1480. The lowest BCUT2D eigenvalue weighted by Gasteiger charge is -2.36. The monoisotopic (exact) mass is 479 g/mol. The second-order valence-corrected chi connectivity index (χ2v) is 9.28. The SMILES string of the molecule is Cc1cc([N+](=O)[O-])ccc1N1C(=O)[C@@H]2[C@H](C1=O)[C@H](C(=O)c1ccccc1)N1c3ccccc3C=C[C@H]21. The Morgan fingerprint density at radius 1 is 0.889 bits per heavy atom. The van der Waals surface area contributed by atoms with Crippen molar-refractivity contribution in [1.82, 2.24) is 0 Å². The van der Waals surface area contributed by atoms with Crippen LogP contribution < -0.4 is 9.80 Å². The first-order chi connectivity index (χ1) is 17.4. The number of carbonyl (C=O) groups excluding carboxylic acids is 3. The van der Waals surface area contributed by atoms with Crippen LogP contribution in [0.25, 0.3) is 6.08 Å². The molecule has 3 aliphatic heterocycles. The Balaban J connectivity index is 1.48. The van der Waals surface area contributed by atoms with Crippen molar-refractivity contribution in [3.05, 3.63) is 106 Å². The van der Waals surface area contributed by atoms with Gasteiger partial charge in [-0.3, -0.25) is 24.5 Å². The summed E-state index contributed by atoms with van der Waals surface area (Å²) < 4.78 is 0. The van der Waals surface area contributed by atoms with Gasteiger partial charge in [0.05, 0.1) is 28.5 Å². The van der Waals surface area contributed by atoms with E-state index in [-0.39, 0.29) is 11.5 Å². The van der Waals surface area contributed by atoms with Crippen LogP contribution in [0.15, 0.2) is 78.9 Å². The molecule has 0 aliphatic carbocycles. The van der Waals surface area contributed by atoms with Crippen LogP contribution in [0, 0.1) is 28.9 Å². The van der Waals surface area contributed by atoms with Gasteiger partial charge in [-0.1, -0.05) is 60.7 Å². The first kappa shape index (κ1) is 21.9. The summed E-state index contributed by atoms with van der Waals surface area (Å²) in [4.78, 5) is 55.4. The lowest BCUT2D eigenvalue weighted by molar-refractivity contribution is -0.384. The molecule has 3 aliphatic rings. The number of carbonyl (C=O) groups is 3. The topological polar surface area (TPSA) is 101 Å². The van der Waals surface area contributed by atoms with Crippen LogP contribution >= 0.6 is 0 Å². The van der Waals surface area contributed by atoms with E-state index in [1.807, 2.05) is 47.4 Å². The van der Waals surface area contributed by atoms with E-state index in [0.29, 0.717) is 16.8 Å². The molecule has 36 heavy (non-hydrogen) atoms. The fraction of sp³-hybridized carbons (Fsp3) is 0.179. The Morgan fingerprint density at radius 2 is 1.58 bits per heavy atom.